The van der Waals surface area contributed by atoms with Crippen LogP contribution in [0.3, 0.4) is 0 Å². The molecule has 0 saturated heterocycles. The van der Waals surface area contributed by atoms with E-state index in [-0.39, 0.29) is 17.0 Å². The highest BCUT2D eigenvalue weighted by Crippen LogP contribution is 2.27. The van der Waals surface area contributed by atoms with Crippen LogP contribution in [0.1, 0.15) is 11.1 Å². The number of hydrogen-bond acceptors (Lipinski definition) is 1. The highest BCUT2D eigenvalue weighted by molar-refractivity contribution is 6.31. The third-order valence-corrected chi connectivity index (χ3v) is 3.45. The molecule has 3 aromatic rings. The molecule has 0 atom stereocenters. The maximum absolute atomic E-state index is 13.7. The van der Waals surface area contributed by atoms with Gasteiger partial charge in [0.2, 0.25) is 0 Å². The first-order valence-electron chi connectivity index (χ1n) is 5.70. The normalized spacial score (nSPS) is 11.1. The van der Waals surface area contributed by atoms with Crippen LogP contribution in [-0.2, 0) is 6.42 Å². The molecule has 2 nitrogen and oxygen atoms in total. The van der Waals surface area contributed by atoms with E-state index in [9.17, 15) is 8.78 Å². The predicted molar refractivity (Wildman–Crippen MR) is 70.3 cm³/mol. The topological polar surface area (TPSA) is 28.7 Å². The van der Waals surface area contributed by atoms with Crippen molar-refractivity contribution in [3.63, 3.8) is 0 Å². The van der Waals surface area contributed by atoms with Crippen molar-refractivity contribution in [2.45, 2.75) is 6.42 Å². The van der Waals surface area contributed by atoms with Crippen LogP contribution in [0.15, 0.2) is 36.7 Å². The third-order valence-electron chi connectivity index (χ3n) is 3.04. The molecule has 2 heterocycles. The Balaban J connectivity index is 2.09. The SMILES string of the molecule is Fc1ccc(F)c(Cc2c[nH]c3ncccc23)c1Cl. The standard InChI is InChI=1S/C14H9ClF2N2/c15-13-10(11(16)3-4-12(13)17)6-8-7-19-14-9(8)2-1-5-18-14/h1-5,7H,6H2,(H,18,19). The Morgan fingerprint density at radius 3 is 2.79 bits per heavy atom. The van der Waals surface area contributed by atoms with Gasteiger partial charge in [-0.15, -0.1) is 0 Å². The van der Waals surface area contributed by atoms with Gasteiger partial charge in [0.15, 0.2) is 0 Å². The first-order valence-corrected chi connectivity index (χ1v) is 6.08. The van der Waals surface area contributed by atoms with Crippen molar-refractivity contribution in [3.8, 4) is 0 Å². The minimum absolute atomic E-state index is 0.159. The number of hydrogen-bond donors (Lipinski definition) is 1. The number of nitrogens with zero attached hydrogens (tertiary/aromatic N) is 1. The van der Waals surface area contributed by atoms with Crippen LogP contribution in [0.2, 0.25) is 5.02 Å². The fourth-order valence-corrected chi connectivity index (χ4v) is 2.30. The first-order chi connectivity index (χ1) is 9.16. The minimum atomic E-state index is -0.615. The molecule has 3 rings (SSSR count). The summed E-state index contributed by atoms with van der Waals surface area (Å²) < 4.78 is 27.1. The predicted octanol–water partition coefficient (Wildman–Crippen LogP) is 4.09. The van der Waals surface area contributed by atoms with Gasteiger partial charge in [-0.05, 0) is 29.8 Å². The number of aromatic nitrogens is 2. The zero-order valence-electron chi connectivity index (χ0n) is 9.75. The van der Waals surface area contributed by atoms with Gasteiger partial charge in [0.1, 0.15) is 17.3 Å². The van der Waals surface area contributed by atoms with Crippen LogP contribution in [0.5, 0.6) is 0 Å². The van der Waals surface area contributed by atoms with E-state index in [0.29, 0.717) is 5.65 Å². The molecule has 19 heavy (non-hydrogen) atoms. The summed E-state index contributed by atoms with van der Waals surface area (Å²) >= 11 is 5.83. The van der Waals surface area contributed by atoms with E-state index in [1.165, 1.54) is 0 Å². The Morgan fingerprint density at radius 2 is 1.95 bits per heavy atom. The maximum atomic E-state index is 13.7. The average Bonchev–Trinajstić information content (AvgIpc) is 2.83. The number of halogens is 3. The van der Waals surface area contributed by atoms with Gasteiger partial charge in [-0.25, -0.2) is 13.8 Å². The molecular weight excluding hydrogens is 270 g/mol. The second kappa shape index (κ2) is 4.63. The molecule has 0 fully saturated rings. The second-order valence-corrected chi connectivity index (χ2v) is 4.59. The van der Waals surface area contributed by atoms with Crippen LogP contribution < -0.4 is 0 Å². The van der Waals surface area contributed by atoms with Gasteiger partial charge in [0.05, 0.1) is 5.02 Å². The summed E-state index contributed by atoms with van der Waals surface area (Å²) in [6.45, 7) is 0. The van der Waals surface area contributed by atoms with Gasteiger partial charge in [-0.2, -0.15) is 0 Å². The van der Waals surface area contributed by atoms with Crippen molar-refractivity contribution in [1.82, 2.24) is 9.97 Å². The number of pyridine rings is 1. The molecule has 2 aromatic heterocycles. The third kappa shape index (κ3) is 2.08. The summed E-state index contributed by atoms with van der Waals surface area (Å²) in [5.41, 5.74) is 1.70. The molecular formula is C14H9ClF2N2. The van der Waals surface area contributed by atoms with Crippen molar-refractivity contribution in [1.29, 1.82) is 0 Å². The highest BCUT2D eigenvalue weighted by Gasteiger charge is 2.14. The fourth-order valence-electron chi connectivity index (χ4n) is 2.08. The number of rotatable bonds is 2. The van der Waals surface area contributed by atoms with E-state index in [1.807, 2.05) is 6.07 Å². The van der Waals surface area contributed by atoms with Crippen LogP contribution in [-0.4, -0.2) is 9.97 Å². The van der Waals surface area contributed by atoms with Crippen molar-refractivity contribution < 1.29 is 8.78 Å². The Bertz CT molecular complexity index is 752. The Hall–Kier alpha value is -1.94. The monoisotopic (exact) mass is 278 g/mol. The van der Waals surface area contributed by atoms with Crippen LogP contribution >= 0.6 is 11.6 Å². The highest BCUT2D eigenvalue weighted by atomic mass is 35.5. The van der Waals surface area contributed by atoms with Crippen LogP contribution in [0, 0.1) is 11.6 Å². The minimum Gasteiger partial charge on any atom is -0.346 e. The van der Waals surface area contributed by atoms with Gasteiger partial charge >= 0.3 is 0 Å². The zero-order chi connectivity index (χ0) is 13.4. The summed E-state index contributed by atoms with van der Waals surface area (Å²) in [5, 5.41) is 0.709. The zero-order valence-corrected chi connectivity index (χ0v) is 10.5. The Kier molecular flexibility index (Phi) is 2.95. The van der Waals surface area contributed by atoms with Crippen molar-refractivity contribution in [2.75, 3.05) is 0 Å². The quantitative estimate of drug-likeness (QED) is 0.703. The summed E-state index contributed by atoms with van der Waals surface area (Å²) in [4.78, 5) is 7.14. The molecule has 5 heteroatoms. The van der Waals surface area contributed by atoms with E-state index in [1.54, 1.807) is 18.5 Å². The van der Waals surface area contributed by atoms with Crippen molar-refractivity contribution in [3.05, 3.63) is 64.4 Å². The first kappa shape index (κ1) is 12.1. The number of aromatic amines is 1. The van der Waals surface area contributed by atoms with Gasteiger partial charge in [0.25, 0.3) is 0 Å². The van der Waals surface area contributed by atoms with E-state index in [2.05, 4.69) is 9.97 Å². The Morgan fingerprint density at radius 1 is 1.16 bits per heavy atom. The van der Waals surface area contributed by atoms with Crippen LogP contribution in [0.25, 0.3) is 11.0 Å². The molecule has 0 aliphatic rings. The van der Waals surface area contributed by atoms with Crippen molar-refractivity contribution in [2.24, 2.45) is 0 Å². The number of fused-ring (bicyclic) bond motifs is 1. The number of H-pyrrole nitrogens is 1. The number of benzene rings is 1. The van der Waals surface area contributed by atoms with Gasteiger partial charge in [0, 0.05) is 29.8 Å². The molecule has 0 radical (unpaired) electrons. The molecule has 0 aliphatic carbocycles. The lowest BCUT2D eigenvalue weighted by molar-refractivity contribution is 0.589. The molecule has 0 amide bonds. The summed E-state index contributed by atoms with van der Waals surface area (Å²) in [6, 6.07) is 5.78. The summed E-state index contributed by atoms with van der Waals surface area (Å²) in [7, 11) is 0. The average molecular weight is 279 g/mol. The Labute approximate surface area is 113 Å². The second-order valence-electron chi connectivity index (χ2n) is 4.21. The summed E-state index contributed by atoms with van der Waals surface area (Å²) in [5.74, 6) is -1.12. The van der Waals surface area contributed by atoms with Crippen molar-refractivity contribution >= 4 is 22.6 Å². The molecule has 96 valence electrons. The smallest absolute Gasteiger partial charge is 0.142 e. The van der Waals surface area contributed by atoms with Gasteiger partial charge < -0.3 is 4.98 Å². The lowest BCUT2D eigenvalue weighted by atomic mass is 10.0. The largest absolute Gasteiger partial charge is 0.346 e. The lowest BCUT2D eigenvalue weighted by Crippen LogP contribution is -1.96. The maximum Gasteiger partial charge on any atom is 0.142 e. The van der Waals surface area contributed by atoms with Gasteiger partial charge in [-0.3, -0.25) is 0 Å². The fraction of sp³-hybridized carbons (Fsp3) is 0.0714. The molecule has 0 spiro atoms. The van der Waals surface area contributed by atoms with Gasteiger partial charge in [-0.1, -0.05) is 11.6 Å². The molecule has 1 aromatic carbocycles. The molecule has 0 bridgehead atoms. The molecule has 1 N–H and O–H groups in total. The van der Waals surface area contributed by atoms with E-state index in [4.69, 9.17) is 11.6 Å². The van der Waals surface area contributed by atoms with E-state index < -0.39 is 11.6 Å². The summed E-state index contributed by atoms with van der Waals surface area (Å²) in [6.07, 6.45) is 3.62. The molecule has 0 aliphatic heterocycles. The molecule has 0 saturated carbocycles. The number of nitrogens with one attached hydrogen (secondary N) is 1. The van der Waals surface area contributed by atoms with Crippen LogP contribution in [0.4, 0.5) is 8.78 Å². The lowest BCUT2D eigenvalue weighted by Gasteiger charge is -2.06. The van der Waals surface area contributed by atoms with E-state index in [0.717, 1.165) is 23.1 Å². The molecule has 0 unspecified atom stereocenters. The van der Waals surface area contributed by atoms with E-state index >= 15 is 0 Å².